The van der Waals surface area contributed by atoms with Gasteiger partial charge in [-0.25, -0.2) is 0 Å². The van der Waals surface area contributed by atoms with Gasteiger partial charge in [0.05, 0.1) is 19.8 Å². The predicted octanol–water partition coefficient (Wildman–Crippen LogP) is 1.30. The van der Waals surface area contributed by atoms with Gasteiger partial charge in [0.15, 0.2) is 5.79 Å². The molecular weight excluding hydrogens is 224 g/mol. The first-order chi connectivity index (χ1) is 7.98. The minimum Gasteiger partial charge on any atom is -0.465 e. The Morgan fingerprint density at radius 1 is 1.35 bits per heavy atom. The summed E-state index contributed by atoms with van der Waals surface area (Å²) in [4.78, 5) is 23.0. The highest BCUT2D eigenvalue weighted by molar-refractivity contribution is 5.97. The highest BCUT2D eigenvalue weighted by Crippen LogP contribution is 2.26. The van der Waals surface area contributed by atoms with E-state index in [9.17, 15) is 9.59 Å². The first kappa shape index (κ1) is 14.1. The second-order valence-electron chi connectivity index (χ2n) is 4.28. The standard InChI is InChI=1S/C12H20O5/c1-4-15-11(14)10(9(2)13)5-6-12(3)16-7-8-17-12/h10H,4-8H2,1-3H3. The highest BCUT2D eigenvalue weighted by atomic mass is 16.7. The van der Waals surface area contributed by atoms with E-state index in [2.05, 4.69) is 0 Å². The van der Waals surface area contributed by atoms with Crippen LogP contribution in [-0.4, -0.2) is 37.4 Å². The van der Waals surface area contributed by atoms with Crippen molar-refractivity contribution in [3.05, 3.63) is 0 Å². The first-order valence-electron chi connectivity index (χ1n) is 5.93. The number of esters is 1. The lowest BCUT2D eigenvalue weighted by atomic mass is 9.96. The lowest BCUT2D eigenvalue weighted by Gasteiger charge is -2.23. The average Bonchev–Trinajstić information content (AvgIpc) is 2.65. The molecule has 0 bridgehead atoms. The Bertz CT molecular complexity index is 281. The van der Waals surface area contributed by atoms with E-state index in [0.29, 0.717) is 26.1 Å². The molecule has 5 heteroatoms. The molecule has 0 aromatic carbocycles. The summed E-state index contributed by atoms with van der Waals surface area (Å²) in [5.74, 6) is -2.01. The lowest BCUT2D eigenvalue weighted by molar-refractivity contribution is -0.159. The van der Waals surface area contributed by atoms with Gasteiger partial charge in [0.25, 0.3) is 0 Å². The van der Waals surface area contributed by atoms with Gasteiger partial charge in [0.1, 0.15) is 11.7 Å². The number of carbonyl (C=O) groups excluding carboxylic acids is 2. The molecule has 0 aromatic rings. The van der Waals surface area contributed by atoms with Gasteiger partial charge in [-0.1, -0.05) is 0 Å². The van der Waals surface area contributed by atoms with Gasteiger partial charge >= 0.3 is 5.97 Å². The SMILES string of the molecule is CCOC(=O)C(CCC1(C)OCCO1)C(C)=O. The molecule has 1 heterocycles. The molecule has 1 unspecified atom stereocenters. The molecule has 1 atom stereocenters. The second-order valence-corrected chi connectivity index (χ2v) is 4.28. The summed E-state index contributed by atoms with van der Waals surface area (Å²) in [5.41, 5.74) is 0. The third-order valence-corrected chi connectivity index (χ3v) is 2.85. The minimum absolute atomic E-state index is 0.176. The molecule has 0 saturated carbocycles. The quantitative estimate of drug-likeness (QED) is 0.520. The number of Topliss-reactive ketones (excluding diaryl/α,β-unsaturated/α-hetero) is 1. The molecule has 0 radical (unpaired) electrons. The van der Waals surface area contributed by atoms with Crippen LogP contribution < -0.4 is 0 Å². The molecule has 1 saturated heterocycles. The third-order valence-electron chi connectivity index (χ3n) is 2.85. The van der Waals surface area contributed by atoms with Crippen molar-refractivity contribution in [1.82, 2.24) is 0 Å². The Morgan fingerprint density at radius 2 is 1.94 bits per heavy atom. The largest absolute Gasteiger partial charge is 0.465 e. The van der Waals surface area contributed by atoms with E-state index in [4.69, 9.17) is 14.2 Å². The minimum atomic E-state index is -0.709. The fraction of sp³-hybridized carbons (Fsp3) is 0.833. The Balaban J connectivity index is 2.49. The summed E-state index contributed by atoms with van der Waals surface area (Å²) in [6.07, 6.45) is 0.903. The molecule has 0 aliphatic carbocycles. The van der Waals surface area contributed by atoms with Gasteiger partial charge in [0, 0.05) is 6.42 Å². The molecule has 5 nitrogen and oxygen atoms in total. The maximum absolute atomic E-state index is 11.6. The van der Waals surface area contributed by atoms with Crippen LogP contribution in [0.15, 0.2) is 0 Å². The average molecular weight is 244 g/mol. The fourth-order valence-electron chi connectivity index (χ4n) is 1.84. The fourth-order valence-corrected chi connectivity index (χ4v) is 1.84. The van der Waals surface area contributed by atoms with Crippen LogP contribution >= 0.6 is 0 Å². The monoisotopic (exact) mass is 244 g/mol. The Kier molecular flexibility index (Phi) is 5.08. The molecule has 0 spiro atoms. The molecule has 1 aliphatic heterocycles. The van der Waals surface area contributed by atoms with Crippen LogP contribution in [0.5, 0.6) is 0 Å². The number of hydrogen-bond acceptors (Lipinski definition) is 5. The summed E-state index contributed by atoms with van der Waals surface area (Å²) >= 11 is 0. The smallest absolute Gasteiger partial charge is 0.316 e. The summed E-state index contributed by atoms with van der Waals surface area (Å²) in [6.45, 7) is 6.34. The van der Waals surface area contributed by atoms with E-state index in [-0.39, 0.29) is 12.4 Å². The van der Waals surface area contributed by atoms with E-state index in [1.807, 2.05) is 6.92 Å². The number of ether oxygens (including phenoxy) is 3. The van der Waals surface area contributed by atoms with Crippen molar-refractivity contribution < 1.29 is 23.8 Å². The van der Waals surface area contributed by atoms with E-state index in [1.54, 1.807) is 6.92 Å². The summed E-state index contributed by atoms with van der Waals surface area (Å²) in [5, 5.41) is 0. The van der Waals surface area contributed by atoms with Gasteiger partial charge in [0.2, 0.25) is 0 Å². The van der Waals surface area contributed by atoms with Crippen molar-refractivity contribution in [2.24, 2.45) is 5.92 Å². The van der Waals surface area contributed by atoms with Crippen LogP contribution in [0.4, 0.5) is 0 Å². The van der Waals surface area contributed by atoms with Crippen LogP contribution in [0.25, 0.3) is 0 Å². The van der Waals surface area contributed by atoms with Crippen molar-refractivity contribution in [3.8, 4) is 0 Å². The maximum atomic E-state index is 11.6. The lowest BCUT2D eigenvalue weighted by Crippen LogP contribution is -2.30. The normalized spacial score (nSPS) is 19.9. The van der Waals surface area contributed by atoms with Gasteiger partial charge in [-0.15, -0.1) is 0 Å². The summed E-state index contributed by atoms with van der Waals surface area (Å²) < 4.78 is 15.7. The topological polar surface area (TPSA) is 61.8 Å². The van der Waals surface area contributed by atoms with Crippen molar-refractivity contribution in [2.45, 2.75) is 39.4 Å². The molecule has 0 aromatic heterocycles. The van der Waals surface area contributed by atoms with E-state index in [1.165, 1.54) is 6.92 Å². The second kappa shape index (κ2) is 6.12. The van der Waals surface area contributed by atoms with Crippen LogP contribution in [0.3, 0.4) is 0 Å². The molecule has 1 fully saturated rings. The Hall–Kier alpha value is -0.940. The number of ketones is 1. The van der Waals surface area contributed by atoms with Gasteiger partial charge < -0.3 is 14.2 Å². The highest BCUT2D eigenvalue weighted by Gasteiger charge is 2.34. The molecule has 0 amide bonds. The molecule has 1 aliphatic rings. The Labute approximate surface area is 101 Å². The van der Waals surface area contributed by atoms with Crippen molar-refractivity contribution >= 4 is 11.8 Å². The van der Waals surface area contributed by atoms with Gasteiger partial charge in [-0.3, -0.25) is 9.59 Å². The van der Waals surface area contributed by atoms with Crippen LogP contribution in [-0.2, 0) is 23.8 Å². The molecule has 98 valence electrons. The van der Waals surface area contributed by atoms with Crippen LogP contribution in [0.1, 0.15) is 33.6 Å². The van der Waals surface area contributed by atoms with Crippen LogP contribution in [0, 0.1) is 5.92 Å². The zero-order valence-electron chi connectivity index (χ0n) is 10.7. The molecular formula is C12H20O5. The van der Waals surface area contributed by atoms with Crippen molar-refractivity contribution in [2.75, 3.05) is 19.8 Å². The zero-order valence-corrected chi connectivity index (χ0v) is 10.7. The van der Waals surface area contributed by atoms with Crippen LogP contribution in [0.2, 0.25) is 0 Å². The zero-order chi connectivity index (χ0) is 12.9. The summed E-state index contributed by atoms with van der Waals surface area (Å²) in [7, 11) is 0. The molecule has 0 N–H and O–H groups in total. The molecule has 17 heavy (non-hydrogen) atoms. The Morgan fingerprint density at radius 3 is 2.41 bits per heavy atom. The predicted molar refractivity (Wildman–Crippen MR) is 60.3 cm³/mol. The molecule has 1 rings (SSSR count). The third kappa shape index (κ3) is 4.09. The summed E-state index contributed by atoms with van der Waals surface area (Å²) in [6, 6.07) is 0. The van der Waals surface area contributed by atoms with E-state index < -0.39 is 17.7 Å². The number of hydrogen-bond donors (Lipinski definition) is 0. The van der Waals surface area contributed by atoms with E-state index >= 15 is 0 Å². The number of rotatable bonds is 6. The van der Waals surface area contributed by atoms with Gasteiger partial charge in [-0.2, -0.15) is 0 Å². The number of carbonyl (C=O) groups is 2. The van der Waals surface area contributed by atoms with Crippen molar-refractivity contribution in [1.29, 1.82) is 0 Å². The van der Waals surface area contributed by atoms with Crippen molar-refractivity contribution in [3.63, 3.8) is 0 Å². The first-order valence-corrected chi connectivity index (χ1v) is 5.93. The van der Waals surface area contributed by atoms with E-state index in [0.717, 1.165) is 0 Å². The maximum Gasteiger partial charge on any atom is 0.316 e. The van der Waals surface area contributed by atoms with Gasteiger partial charge in [-0.05, 0) is 27.2 Å².